The van der Waals surface area contributed by atoms with E-state index >= 15 is 0 Å². The molecule has 6 heteroatoms. The van der Waals surface area contributed by atoms with Crippen molar-refractivity contribution in [2.75, 3.05) is 6.54 Å². The van der Waals surface area contributed by atoms with E-state index in [0.29, 0.717) is 12.3 Å². The predicted octanol–water partition coefficient (Wildman–Crippen LogP) is 1.24. The molecule has 1 rings (SSSR count). The van der Waals surface area contributed by atoms with Crippen LogP contribution in [0.3, 0.4) is 0 Å². The molecule has 17 heavy (non-hydrogen) atoms. The molecule has 0 saturated carbocycles. The van der Waals surface area contributed by atoms with E-state index in [-0.39, 0.29) is 11.1 Å². The van der Waals surface area contributed by atoms with Crippen molar-refractivity contribution in [3.8, 4) is 0 Å². The Morgan fingerprint density at radius 2 is 2.24 bits per heavy atom. The van der Waals surface area contributed by atoms with Crippen LogP contribution in [0.2, 0.25) is 0 Å². The van der Waals surface area contributed by atoms with Gasteiger partial charge in [-0.05, 0) is 25.6 Å². The number of rotatable bonds is 7. The minimum absolute atomic E-state index is 0.0703. The van der Waals surface area contributed by atoms with Gasteiger partial charge in [0.1, 0.15) is 5.76 Å². The Morgan fingerprint density at radius 3 is 2.82 bits per heavy atom. The van der Waals surface area contributed by atoms with E-state index in [1.54, 1.807) is 13.0 Å². The lowest BCUT2D eigenvalue weighted by molar-refractivity contribution is 0.401. The van der Waals surface area contributed by atoms with Gasteiger partial charge in [0.15, 0.2) is 0 Å². The topological polar surface area (TPSA) is 71.3 Å². The average molecular weight is 258 g/mol. The first-order chi connectivity index (χ1) is 7.99. The summed E-state index contributed by atoms with van der Waals surface area (Å²) in [6.07, 6.45) is 1.51. The standard InChI is InChI=1S/C11H18N2O3S/c1-4-9(3)13-17(14,15)11-7-6-10(16-11)8-12-5-2/h4,6-7,9,12-13H,1,5,8H2,2-3H3. The lowest BCUT2D eigenvalue weighted by Crippen LogP contribution is -2.30. The van der Waals surface area contributed by atoms with E-state index in [9.17, 15) is 8.42 Å². The number of furan rings is 1. The Hall–Kier alpha value is -1.11. The van der Waals surface area contributed by atoms with Crippen molar-refractivity contribution >= 4 is 10.0 Å². The Labute approximate surface area is 102 Å². The second-order valence-electron chi connectivity index (χ2n) is 3.65. The maximum atomic E-state index is 11.8. The van der Waals surface area contributed by atoms with Gasteiger partial charge in [-0.2, -0.15) is 0 Å². The van der Waals surface area contributed by atoms with Gasteiger partial charge in [-0.15, -0.1) is 6.58 Å². The SMILES string of the molecule is C=CC(C)NS(=O)(=O)c1ccc(CNCC)o1. The minimum Gasteiger partial charge on any atom is -0.447 e. The van der Waals surface area contributed by atoms with E-state index in [4.69, 9.17) is 4.42 Å². The second kappa shape index (κ2) is 6.00. The van der Waals surface area contributed by atoms with Crippen LogP contribution < -0.4 is 10.0 Å². The van der Waals surface area contributed by atoms with E-state index in [1.807, 2.05) is 6.92 Å². The van der Waals surface area contributed by atoms with Crippen LogP contribution in [-0.4, -0.2) is 21.0 Å². The van der Waals surface area contributed by atoms with Gasteiger partial charge in [-0.3, -0.25) is 0 Å². The molecule has 0 spiro atoms. The van der Waals surface area contributed by atoms with Gasteiger partial charge in [-0.25, -0.2) is 13.1 Å². The van der Waals surface area contributed by atoms with Crippen LogP contribution in [0.25, 0.3) is 0 Å². The molecule has 1 aromatic rings. The van der Waals surface area contributed by atoms with E-state index < -0.39 is 10.0 Å². The summed E-state index contributed by atoms with van der Waals surface area (Å²) in [5.74, 6) is 0.596. The molecule has 0 radical (unpaired) electrons. The monoisotopic (exact) mass is 258 g/mol. The third kappa shape index (κ3) is 3.99. The molecule has 0 aliphatic rings. The van der Waals surface area contributed by atoms with Crippen molar-refractivity contribution in [3.05, 3.63) is 30.5 Å². The molecule has 0 aromatic carbocycles. The van der Waals surface area contributed by atoms with E-state index in [1.165, 1.54) is 12.1 Å². The summed E-state index contributed by atoms with van der Waals surface area (Å²) in [4.78, 5) is 0. The highest BCUT2D eigenvalue weighted by Gasteiger charge is 2.19. The van der Waals surface area contributed by atoms with Crippen molar-refractivity contribution in [1.29, 1.82) is 0 Å². The Balaban J connectivity index is 2.78. The highest BCUT2D eigenvalue weighted by atomic mass is 32.2. The molecular formula is C11H18N2O3S. The summed E-state index contributed by atoms with van der Waals surface area (Å²) in [6.45, 7) is 8.50. The fourth-order valence-electron chi connectivity index (χ4n) is 1.20. The highest BCUT2D eigenvalue weighted by molar-refractivity contribution is 7.89. The number of sulfonamides is 1. The molecule has 2 N–H and O–H groups in total. The minimum atomic E-state index is -3.59. The number of hydrogen-bond acceptors (Lipinski definition) is 4. The smallest absolute Gasteiger partial charge is 0.274 e. The van der Waals surface area contributed by atoms with Gasteiger partial charge in [0.2, 0.25) is 5.09 Å². The summed E-state index contributed by atoms with van der Waals surface area (Å²) < 4.78 is 31.3. The zero-order chi connectivity index (χ0) is 12.9. The summed E-state index contributed by atoms with van der Waals surface area (Å²) in [5, 5.41) is 2.99. The number of nitrogens with one attached hydrogen (secondary N) is 2. The molecular weight excluding hydrogens is 240 g/mol. The van der Waals surface area contributed by atoms with E-state index in [0.717, 1.165) is 6.54 Å². The highest BCUT2D eigenvalue weighted by Crippen LogP contribution is 2.14. The van der Waals surface area contributed by atoms with Crippen LogP contribution in [0, 0.1) is 0 Å². The molecule has 0 amide bonds. The molecule has 0 bridgehead atoms. The van der Waals surface area contributed by atoms with Gasteiger partial charge in [-0.1, -0.05) is 13.0 Å². The maximum absolute atomic E-state index is 11.8. The fourth-order valence-corrected chi connectivity index (χ4v) is 2.36. The molecule has 0 saturated heterocycles. The summed E-state index contributed by atoms with van der Waals surface area (Å²) in [6, 6.07) is 2.77. The van der Waals surface area contributed by atoms with Crippen LogP contribution >= 0.6 is 0 Å². The quantitative estimate of drug-likeness (QED) is 0.722. The van der Waals surface area contributed by atoms with Crippen molar-refractivity contribution in [2.45, 2.75) is 31.5 Å². The molecule has 1 heterocycles. The largest absolute Gasteiger partial charge is 0.447 e. The van der Waals surface area contributed by atoms with Gasteiger partial charge in [0.25, 0.3) is 10.0 Å². The van der Waals surface area contributed by atoms with Gasteiger partial charge in [0, 0.05) is 6.04 Å². The molecule has 0 aliphatic heterocycles. The summed E-state index contributed by atoms with van der Waals surface area (Å²) >= 11 is 0. The zero-order valence-corrected chi connectivity index (χ0v) is 10.9. The lowest BCUT2D eigenvalue weighted by Gasteiger charge is -2.07. The zero-order valence-electron chi connectivity index (χ0n) is 10.1. The van der Waals surface area contributed by atoms with E-state index in [2.05, 4.69) is 16.6 Å². The normalized spacial score (nSPS) is 13.5. The van der Waals surface area contributed by atoms with Crippen LogP contribution in [0.4, 0.5) is 0 Å². The first kappa shape index (κ1) is 14.0. The third-order valence-electron chi connectivity index (χ3n) is 2.15. The van der Waals surface area contributed by atoms with Crippen LogP contribution in [0.5, 0.6) is 0 Å². The molecule has 1 unspecified atom stereocenters. The Kier molecular flexibility index (Phi) is 4.92. The van der Waals surface area contributed by atoms with Crippen LogP contribution in [0.1, 0.15) is 19.6 Å². The Morgan fingerprint density at radius 1 is 1.53 bits per heavy atom. The maximum Gasteiger partial charge on any atom is 0.274 e. The lowest BCUT2D eigenvalue weighted by atomic mass is 10.4. The molecule has 96 valence electrons. The van der Waals surface area contributed by atoms with Gasteiger partial charge >= 0.3 is 0 Å². The second-order valence-corrected chi connectivity index (χ2v) is 5.29. The van der Waals surface area contributed by atoms with Gasteiger partial charge in [0.05, 0.1) is 6.54 Å². The first-order valence-corrected chi connectivity index (χ1v) is 6.92. The van der Waals surface area contributed by atoms with Crippen LogP contribution in [0.15, 0.2) is 34.3 Å². The van der Waals surface area contributed by atoms with Crippen molar-refractivity contribution in [1.82, 2.24) is 10.0 Å². The number of hydrogen-bond donors (Lipinski definition) is 2. The first-order valence-electron chi connectivity index (χ1n) is 5.44. The van der Waals surface area contributed by atoms with Crippen molar-refractivity contribution in [3.63, 3.8) is 0 Å². The van der Waals surface area contributed by atoms with Crippen LogP contribution in [-0.2, 0) is 16.6 Å². The molecule has 0 fully saturated rings. The molecule has 5 nitrogen and oxygen atoms in total. The fraction of sp³-hybridized carbons (Fsp3) is 0.455. The Bertz CT molecular complexity index is 465. The third-order valence-corrected chi connectivity index (χ3v) is 3.58. The average Bonchev–Trinajstić information content (AvgIpc) is 2.75. The van der Waals surface area contributed by atoms with Crippen molar-refractivity contribution in [2.24, 2.45) is 0 Å². The molecule has 1 aromatic heterocycles. The van der Waals surface area contributed by atoms with Crippen molar-refractivity contribution < 1.29 is 12.8 Å². The molecule has 1 atom stereocenters. The summed E-state index contributed by atoms with van der Waals surface area (Å²) in [7, 11) is -3.59. The summed E-state index contributed by atoms with van der Waals surface area (Å²) in [5.41, 5.74) is 0. The predicted molar refractivity (Wildman–Crippen MR) is 66.1 cm³/mol. The molecule has 0 aliphatic carbocycles. The van der Waals surface area contributed by atoms with Gasteiger partial charge < -0.3 is 9.73 Å².